The number of nitrogens with zero attached hydrogens (tertiary/aromatic N) is 4. The molecule has 0 fully saturated rings. The summed E-state index contributed by atoms with van der Waals surface area (Å²) >= 11 is 0. The zero-order chi connectivity index (χ0) is 26.6. The largest absolute Gasteiger partial charge is 0.481 e. The quantitative estimate of drug-likeness (QED) is 0.305. The number of rotatable bonds is 5. The van der Waals surface area contributed by atoms with Crippen molar-refractivity contribution in [2.24, 2.45) is 5.14 Å². The van der Waals surface area contributed by atoms with Gasteiger partial charge in [0, 0.05) is 23.2 Å². The van der Waals surface area contributed by atoms with Crippen molar-refractivity contribution in [3.05, 3.63) is 68.5 Å². The zero-order valence-corrected chi connectivity index (χ0v) is 18.8. The topological polar surface area (TPSA) is 139 Å². The molecule has 0 bridgehead atoms. The molecule has 3 aromatic heterocycles. The molecule has 0 aliphatic rings. The van der Waals surface area contributed by atoms with Crippen LogP contribution in [-0.2, 0) is 23.1 Å². The normalized spacial score (nSPS) is 12.4. The third-order valence-electron chi connectivity index (χ3n) is 5.19. The van der Waals surface area contributed by atoms with Crippen LogP contribution in [0.15, 0.2) is 44.9 Å². The fraction of sp³-hybridized carbons (Fsp3) is 0.200. The standard InChI is InChI=1S/C20H14F5N5O5S/c1-35-15-3-2-10-16-11(6-27-17(10)28-15)18(31)30(8-20(23,24)25)19(32)29(16)7-12-13(21)4-9(5-14(12)22)36(26,33)34/h2-6H,7-8H2,1H3,(H2,26,33,34). The number of benzene rings is 1. The molecule has 0 saturated carbocycles. The summed E-state index contributed by atoms with van der Waals surface area (Å²) < 4.78 is 97.3. The van der Waals surface area contributed by atoms with Gasteiger partial charge in [-0.3, -0.25) is 13.9 Å². The minimum atomic E-state index is -4.98. The molecular formula is C20H14F5N5O5S. The van der Waals surface area contributed by atoms with E-state index in [4.69, 9.17) is 9.88 Å². The highest BCUT2D eigenvalue weighted by Crippen LogP contribution is 2.25. The minimum Gasteiger partial charge on any atom is -0.481 e. The van der Waals surface area contributed by atoms with Crippen molar-refractivity contribution in [3.8, 4) is 5.88 Å². The molecule has 0 unspecified atom stereocenters. The summed E-state index contributed by atoms with van der Waals surface area (Å²) in [6.45, 7) is -2.99. The smallest absolute Gasteiger partial charge is 0.406 e. The first-order valence-corrected chi connectivity index (χ1v) is 11.3. The Kier molecular flexibility index (Phi) is 6.04. The number of aromatic nitrogens is 4. The maximum Gasteiger partial charge on any atom is 0.406 e. The van der Waals surface area contributed by atoms with Gasteiger partial charge in [-0.05, 0) is 18.2 Å². The highest BCUT2D eigenvalue weighted by molar-refractivity contribution is 7.89. The van der Waals surface area contributed by atoms with Gasteiger partial charge in [0.2, 0.25) is 15.9 Å². The van der Waals surface area contributed by atoms with Gasteiger partial charge in [0.05, 0.1) is 29.5 Å². The number of hydrogen-bond donors (Lipinski definition) is 1. The van der Waals surface area contributed by atoms with Crippen LogP contribution in [0.2, 0.25) is 0 Å². The van der Waals surface area contributed by atoms with Gasteiger partial charge in [-0.25, -0.2) is 32.1 Å². The van der Waals surface area contributed by atoms with E-state index in [1.54, 1.807) is 0 Å². The van der Waals surface area contributed by atoms with Crippen LogP contribution in [0.5, 0.6) is 5.88 Å². The summed E-state index contributed by atoms with van der Waals surface area (Å²) in [6.07, 6.45) is -4.10. The minimum absolute atomic E-state index is 0.00336. The fourth-order valence-electron chi connectivity index (χ4n) is 3.60. The van der Waals surface area contributed by atoms with Crippen molar-refractivity contribution in [1.29, 1.82) is 0 Å². The summed E-state index contributed by atoms with van der Waals surface area (Å²) in [5.74, 6) is -2.79. The van der Waals surface area contributed by atoms with Crippen LogP contribution < -0.4 is 21.1 Å². The third-order valence-corrected chi connectivity index (χ3v) is 6.08. The second-order valence-corrected chi connectivity index (χ2v) is 9.09. The van der Waals surface area contributed by atoms with E-state index in [1.165, 1.54) is 19.2 Å². The van der Waals surface area contributed by atoms with Crippen LogP contribution in [0, 0.1) is 11.6 Å². The molecule has 10 nitrogen and oxygen atoms in total. The van der Waals surface area contributed by atoms with Gasteiger partial charge in [0.15, 0.2) is 5.65 Å². The molecule has 4 aromatic rings. The number of alkyl halides is 3. The molecule has 16 heteroatoms. The Balaban J connectivity index is 2.09. The molecular weight excluding hydrogens is 517 g/mol. The van der Waals surface area contributed by atoms with Crippen molar-refractivity contribution in [3.63, 3.8) is 0 Å². The summed E-state index contributed by atoms with van der Waals surface area (Å²) in [4.78, 5) is 33.0. The van der Waals surface area contributed by atoms with E-state index in [0.717, 1.165) is 6.20 Å². The van der Waals surface area contributed by atoms with Crippen molar-refractivity contribution in [1.82, 2.24) is 19.1 Å². The number of primary sulfonamides is 1. The number of methoxy groups -OCH3 is 1. The van der Waals surface area contributed by atoms with Gasteiger partial charge in [0.1, 0.15) is 18.2 Å². The van der Waals surface area contributed by atoms with Crippen LogP contribution in [0.1, 0.15) is 5.56 Å². The van der Waals surface area contributed by atoms with Gasteiger partial charge in [-0.2, -0.15) is 18.2 Å². The van der Waals surface area contributed by atoms with Gasteiger partial charge in [-0.15, -0.1) is 0 Å². The Morgan fingerprint density at radius 2 is 1.69 bits per heavy atom. The van der Waals surface area contributed by atoms with Gasteiger partial charge < -0.3 is 4.74 Å². The van der Waals surface area contributed by atoms with E-state index >= 15 is 0 Å². The molecule has 3 heterocycles. The van der Waals surface area contributed by atoms with Crippen molar-refractivity contribution in [2.45, 2.75) is 24.2 Å². The van der Waals surface area contributed by atoms with Crippen molar-refractivity contribution >= 4 is 32.0 Å². The molecule has 0 atom stereocenters. The number of halogens is 5. The lowest BCUT2D eigenvalue weighted by atomic mass is 10.1. The molecule has 4 rings (SSSR count). The average Bonchev–Trinajstić information content (AvgIpc) is 2.78. The summed E-state index contributed by atoms with van der Waals surface area (Å²) in [6, 6.07) is 3.44. The van der Waals surface area contributed by atoms with Crippen LogP contribution in [-0.4, -0.2) is 40.8 Å². The first-order valence-electron chi connectivity index (χ1n) is 9.76. The Bertz CT molecular complexity index is 1740. The Labute approximate surface area is 197 Å². The number of fused-ring (bicyclic) bond motifs is 3. The molecule has 0 aliphatic heterocycles. The number of ether oxygens (including phenoxy) is 1. The lowest BCUT2D eigenvalue weighted by Gasteiger charge is -2.17. The molecule has 0 radical (unpaired) electrons. The van der Waals surface area contributed by atoms with Crippen LogP contribution in [0.25, 0.3) is 21.9 Å². The van der Waals surface area contributed by atoms with Gasteiger partial charge in [0.25, 0.3) is 5.56 Å². The first kappa shape index (κ1) is 25.2. The van der Waals surface area contributed by atoms with E-state index in [2.05, 4.69) is 9.97 Å². The summed E-state index contributed by atoms with van der Waals surface area (Å²) in [5, 5.41) is 4.44. The monoisotopic (exact) mass is 531 g/mol. The Morgan fingerprint density at radius 3 is 2.25 bits per heavy atom. The predicted octanol–water partition coefficient (Wildman–Crippen LogP) is 1.65. The van der Waals surface area contributed by atoms with E-state index in [0.29, 0.717) is 16.7 Å². The van der Waals surface area contributed by atoms with Gasteiger partial charge in [-0.1, -0.05) is 0 Å². The van der Waals surface area contributed by atoms with E-state index < -0.39 is 68.0 Å². The molecule has 2 N–H and O–H groups in total. The summed E-state index contributed by atoms with van der Waals surface area (Å²) in [7, 11) is -3.19. The maximum absolute atomic E-state index is 14.8. The maximum atomic E-state index is 14.8. The lowest BCUT2D eigenvalue weighted by Crippen LogP contribution is -2.43. The van der Waals surface area contributed by atoms with Gasteiger partial charge >= 0.3 is 11.9 Å². The van der Waals surface area contributed by atoms with Crippen LogP contribution in [0.3, 0.4) is 0 Å². The molecule has 0 amide bonds. The lowest BCUT2D eigenvalue weighted by molar-refractivity contribution is -0.141. The Hall–Kier alpha value is -3.92. The zero-order valence-electron chi connectivity index (χ0n) is 18.0. The highest BCUT2D eigenvalue weighted by atomic mass is 32.2. The van der Waals surface area contributed by atoms with E-state index in [1.807, 2.05) is 0 Å². The SMILES string of the molecule is COc1ccc2c(ncc3c(=O)n(CC(F)(F)F)c(=O)n(Cc4c(F)cc(S(N)(=O)=O)cc4F)c32)n1. The first-order chi connectivity index (χ1) is 16.7. The number of sulfonamides is 1. The second kappa shape index (κ2) is 8.63. The number of nitrogens with two attached hydrogens (primary N) is 1. The highest BCUT2D eigenvalue weighted by Gasteiger charge is 2.31. The van der Waals surface area contributed by atoms with Crippen LogP contribution >= 0.6 is 0 Å². The number of hydrogen-bond acceptors (Lipinski definition) is 7. The third kappa shape index (κ3) is 4.51. The van der Waals surface area contributed by atoms with E-state index in [9.17, 15) is 40.0 Å². The fourth-order valence-corrected chi connectivity index (χ4v) is 4.13. The van der Waals surface area contributed by atoms with Crippen LogP contribution in [0.4, 0.5) is 22.0 Å². The van der Waals surface area contributed by atoms with Crippen molar-refractivity contribution < 1.29 is 35.1 Å². The summed E-state index contributed by atoms with van der Waals surface area (Å²) in [5.41, 5.74) is -4.09. The molecule has 190 valence electrons. The molecule has 36 heavy (non-hydrogen) atoms. The average molecular weight is 531 g/mol. The second-order valence-electron chi connectivity index (χ2n) is 7.53. The molecule has 1 aromatic carbocycles. The van der Waals surface area contributed by atoms with E-state index in [-0.39, 0.29) is 27.0 Å². The Morgan fingerprint density at radius 1 is 1.06 bits per heavy atom. The predicted molar refractivity (Wildman–Crippen MR) is 115 cm³/mol. The molecule has 0 saturated heterocycles. The molecule has 0 spiro atoms. The van der Waals surface area contributed by atoms with Crippen molar-refractivity contribution in [2.75, 3.05) is 7.11 Å². The molecule has 0 aliphatic carbocycles. The number of pyridine rings is 2.